The molecular formula is C10H16FN2O15P3. The molecule has 0 amide bonds. The molecule has 1 aromatic rings. The molecule has 7 N–H and O–H groups in total. The third-order valence-corrected chi connectivity index (χ3v) is 6.81. The number of phosphoric acid groups is 3. The number of aliphatic hydroxyl groups is 2. The van der Waals surface area contributed by atoms with Gasteiger partial charge in [-0.05, 0) is 0 Å². The van der Waals surface area contributed by atoms with Crippen molar-refractivity contribution in [1.82, 2.24) is 9.55 Å². The van der Waals surface area contributed by atoms with E-state index in [0.29, 0.717) is 6.20 Å². The van der Waals surface area contributed by atoms with Crippen molar-refractivity contribution in [2.75, 3.05) is 6.56 Å². The molecule has 1 saturated heterocycles. The number of hydrogen-bond donors (Lipinski definition) is 7. The number of phosphoric ester groups is 1. The summed E-state index contributed by atoms with van der Waals surface area (Å²) in [5.74, 6) is -4.07. The van der Waals surface area contributed by atoms with Crippen LogP contribution in [-0.4, -0.2) is 57.9 Å². The standard InChI is InChI=1S/C10H16FN2O15P3/c11-10(4-25-30(21,22)28-31(23,24)27-29(18,19)20)1-6(15)8(26-10)13-2-5(3-14)7(16)12-9(13)17/h2,6,8,14-15H,1,3-4H2,(H,21,22)(H,23,24)(H,12,16,17)(H2,18,19,20)/t6-,8-,10+/m1/s1/i4D2,8D. The van der Waals surface area contributed by atoms with Crippen LogP contribution in [0.5, 0.6) is 0 Å². The van der Waals surface area contributed by atoms with Crippen molar-refractivity contribution in [3.8, 4) is 0 Å². The Kier molecular flexibility index (Phi) is 6.33. The Morgan fingerprint density at radius 2 is 1.90 bits per heavy atom. The Morgan fingerprint density at radius 1 is 1.29 bits per heavy atom. The van der Waals surface area contributed by atoms with Gasteiger partial charge < -0.3 is 34.5 Å². The van der Waals surface area contributed by atoms with Gasteiger partial charge in [0.05, 0.1) is 16.3 Å². The van der Waals surface area contributed by atoms with Gasteiger partial charge in [0.25, 0.3) is 5.56 Å². The predicted molar refractivity (Wildman–Crippen MR) is 91.6 cm³/mol. The summed E-state index contributed by atoms with van der Waals surface area (Å²) in [5.41, 5.74) is -3.15. The summed E-state index contributed by atoms with van der Waals surface area (Å²) in [6.07, 6.45) is -6.79. The maximum absolute atomic E-state index is 15.3. The van der Waals surface area contributed by atoms with Gasteiger partial charge in [0.15, 0.2) is 6.20 Å². The summed E-state index contributed by atoms with van der Waals surface area (Å²) in [6, 6.07) is 0. The highest BCUT2D eigenvalue weighted by atomic mass is 31.3. The molecule has 0 spiro atoms. The van der Waals surface area contributed by atoms with E-state index in [1.807, 2.05) is 0 Å². The van der Waals surface area contributed by atoms with Crippen LogP contribution in [0.4, 0.5) is 4.39 Å². The van der Waals surface area contributed by atoms with Crippen LogP contribution in [0, 0.1) is 0 Å². The van der Waals surface area contributed by atoms with Gasteiger partial charge in [-0.2, -0.15) is 8.62 Å². The second-order valence-corrected chi connectivity index (χ2v) is 9.96. The lowest BCUT2D eigenvalue weighted by Gasteiger charge is -2.22. The summed E-state index contributed by atoms with van der Waals surface area (Å²) < 4.78 is 87.4. The third kappa shape index (κ3) is 7.20. The average Bonchev–Trinajstić information content (AvgIpc) is 2.81. The number of hydrogen-bond acceptors (Lipinski definition) is 11. The van der Waals surface area contributed by atoms with Crippen LogP contribution in [0.25, 0.3) is 0 Å². The van der Waals surface area contributed by atoms with Gasteiger partial charge in [0.1, 0.15) is 12.7 Å². The number of rotatable bonds is 9. The minimum absolute atomic E-state index is 0.0624. The van der Waals surface area contributed by atoms with E-state index in [1.165, 1.54) is 0 Å². The lowest BCUT2D eigenvalue weighted by Crippen LogP contribution is -2.37. The Hall–Kier alpha value is -1.10. The van der Waals surface area contributed by atoms with Gasteiger partial charge in [0.2, 0.25) is 5.85 Å². The van der Waals surface area contributed by atoms with Crippen molar-refractivity contribution >= 4 is 23.5 Å². The molecule has 2 rings (SSSR count). The first-order valence-corrected chi connectivity index (χ1v) is 12.0. The number of nitrogens with one attached hydrogen (secondary N) is 1. The van der Waals surface area contributed by atoms with Crippen molar-refractivity contribution in [2.45, 2.75) is 31.2 Å². The number of alkyl halides is 1. The van der Waals surface area contributed by atoms with Crippen LogP contribution in [-0.2, 0) is 38.2 Å². The highest BCUT2D eigenvalue weighted by molar-refractivity contribution is 7.66. The van der Waals surface area contributed by atoms with Crippen LogP contribution in [0.3, 0.4) is 0 Å². The summed E-state index contributed by atoms with van der Waals surface area (Å²) in [6.45, 7) is -5.22. The fraction of sp³-hybridized carbons (Fsp3) is 0.600. The molecule has 0 aliphatic carbocycles. The fourth-order valence-corrected chi connectivity index (χ4v) is 4.98. The Morgan fingerprint density at radius 3 is 2.45 bits per heavy atom. The molecule has 2 heterocycles. The van der Waals surface area contributed by atoms with E-state index in [9.17, 15) is 33.3 Å². The summed E-state index contributed by atoms with van der Waals surface area (Å²) in [7, 11) is -18.1. The van der Waals surface area contributed by atoms with Gasteiger partial charge in [-0.15, -0.1) is 0 Å². The van der Waals surface area contributed by atoms with Crippen molar-refractivity contribution in [3.05, 3.63) is 32.6 Å². The molecule has 31 heavy (non-hydrogen) atoms. The van der Waals surface area contributed by atoms with Crippen molar-refractivity contribution in [1.29, 1.82) is 0 Å². The number of nitrogens with zero attached hydrogens (tertiary/aromatic N) is 1. The number of aromatic nitrogens is 2. The molecule has 1 aliphatic rings. The highest BCUT2D eigenvalue weighted by Gasteiger charge is 2.50. The number of ether oxygens (including phenoxy) is 1. The molecule has 0 aromatic carbocycles. The maximum Gasteiger partial charge on any atom is 0.490 e. The Labute approximate surface area is 174 Å². The normalized spacial score (nSPS) is 32.5. The second-order valence-electron chi connectivity index (χ2n) is 5.61. The van der Waals surface area contributed by atoms with Crippen LogP contribution < -0.4 is 11.2 Å². The molecule has 0 saturated carbocycles. The topological polar surface area (TPSA) is 264 Å². The lowest BCUT2D eigenvalue weighted by molar-refractivity contribution is -0.178. The van der Waals surface area contributed by atoms with Gasteiger partial charge in [-0.3, -0.25) is 18.9 Å². The van der Waals surface area contributed by atoms with E-state index in [4.69, 9.17) is 23.9 Å². The zero-order chi connectivity index (χ0) is 26.5. The molecule has 0 bridgehead atoms. The number of H-pyrrole nitrogens is 1. The van der Waals surface area contributed by atoms with Crippen LogP contribution in [0.1, 0.15) is 22.3 Å². The van der Waals surface area contributed by atoms with Crippen LogP contribution >= 0.6 is 23.5 Å². The first kappa shape index (κ1) is 21.7. The number of aliphatic hydroxyl groups excluding tert-OH is 2. The maximum atomic E-state index is 15.3. The quantitative estimate of drug-likeness (QED) is 0.180. The van der Waals surface area contributed by atoms with Gasteiger partial charge in [0, 0.05) is 12.6 Å². The monoisotopic (exact) mass is 519 g/mol. The van der Waals surface area contributed by atoms with E-state index in [-0.39, 0.29) is 4.57 Å². The van der Waals surface area contributed by atoms with Crippen molar-refractivity contribution < 1.29 is 69.9 Å². The van der Waals surface area contributed by atoms with Crippen molar-refractivity contribution in [2.24, 2.45) is 0 Å². The molecule has 21 heteroatoms. The lowest BCUT2D eigenvalue weighted by atomic mass is 10.2. The zero-order valence-corrected chi connectivity index (χ0v) is 17.3. The molecule has 5 atom stereocenters. The molecule has 1 aliphatic heterocycles. The van der Waals surface area contributed by atoms with E-state index < -0.39 is 78.0 Å². The van der Waals surface area contributed by atoms with Crippen LogP contribution in [0.2, 0.25) is 0 Å². The molecule has 178 valence electrons. The van der Waals surface area contributed by atoms with Gasteiger partial charge in [-0.25, -0.2) is 22.9 Å². The minimum Gasteiger partial charge on any atom is -0.391 e. The number of aromatic amines is 1. The van der Waals surface area contributed by atoms with E-state index in [1.54, 1.807) is 4.98 Å². The van der Waals surface area contributed by atoms with E-state index >= 15 is 4.39 Å². The Balaban J connectivity index is 2.38. The van der Waals surface area contributed by atoms with E-state index in [0.717, 1.165) is 0 Å². The zero-order valence-electron chi connectivity index (χ0n) is 17.6. The smallest absolute Gasteiger partial charge is 0.391 e. The second kappa shape index (κ2) is 9.03. The Bertz CT molecular complexity index is 1220. The minimum atomic E-state index is -6.25. The highest BCUT2D eigenvalue weighted by Crippen LogP contribution is 2.66. The van der Waals surface area contributed by atoms with Crippen LogP contribution in [0.15, 0.2) is 15.8 Å². The summed E-state index contributed by atoms with van der Waals surface area (Å²) in [5, 5.41) is 19.2. The average molecular weight is 519 g/mol. The predicted octanol–water partition coefficient (Wildman–Crippen LogP) is -1.68. The summed E-state index contributed by atoms with van der Waals surface area (Å²) >= 11 is 0. The fourth-order valence-electron chi connectivity index (χ4n) is 2.09. The molecule has 1 aromatic heterocycles. The molecule has 0 radical (unpaired) electrons. The number of halogens is 1. The molecule has 2 unspecified atom stereocenters. The van der Waals surface area contributed by atoms with Gasteiger partial charge >= 0.3 is 29.2 Å². The largest absolute Gasteiger partial charge is 0.490 e. The first-order valence-electron chi connectivity index (χ1n) is 8.94. The van der Waals surface area contributed by atoms with E-state index in [2.05, 4.69) is 17.9 Å². The first-order chi connectivity index (χ1) is 15.1. The molecular weight excluding hydrogens is 500 g/mol. The SMILES string of the molecule is [2H]C([2H])(OP(=O)(O)OP(=O)(O)OP(=O)(O)O)[C@]1(F)C[C@@H](O)[C@]([2H])(n2cc(CO)c(=O)[nH]c2=O)O1. The van der Waals surface area contributed by atoms with Crippen molar-refractivity contribution in [3.63, 3.8) is 0 Å². The van der Waals surface area contributed by atoms with Gasteiger partial charge in [-0.1, -0.05) is 0 Å². The third-order valence-electron chi connectivity index (χ3n) is 3.16. The molecule has 17 nitrogen and oxygen atoms in total. The molecule has 1 fully saturated rings. The summed E-state index contributed by atoms with van der Waals surface area (Å²) in [4.78, 5) is 60.7.